The van der Waals surface area contributed by atoms with E-state index in [4.69, 9.17) is 14.4 Å². The molecule has 222 valence electrons. The molecule has 9 rings (SSSR count). The monoisotopic (exact) mass is 603 g/mol. The van der Waals surface area contributed by atoms with Crippen LogP contribution in [0.15, 0.2) is 178 Å². The summed E-state index contributed by atoms with van der Waals surface area (Å²) in [6, 6.07) is 56.8. The molecule has 1 N–H and O–H groups in total. The van der Waals surface area contributed by atoms with Crippen LogP contribution in [0.5, 0.6) is 0 Å². The van der Waals surface area contributed by atoms with Crippen LogP contribution in [0, 0.1) is 0 Å². The summed E-state index contributed by atoms with van der Waals surface area (Å²) in [6.07, 6.45) is -0.473. The Balaban J connectivity index is 1.20. The van der Waals surface area contributed by atoms with Gasteiger partial charge in [0.15, 0.2) is 6.17 Å². The zero-order valence-corrected chi connectivity index (χ0v) is 25.5. The predicted octanol–water partition coefficient (Wildman–Crippen LogP) is 10.6. The summed E-state index contributed by atoms with van der Waals surface area (Å²) in [5.41, 5.74) is 9.30. The first-order valence-electron chi connectivity index (χ1n) is 15.9. The van der Waals surface area contributed by atoms with Crippen molar-refractivity contribution in [2.24, 2.45) is 9.98 Å². The van der Waals surface area contributed by atoms with Crippen LogP contribution in [-0.2, 0) is 0 Å². The van der Waals surface area contributed by atoms with Crippen molar-refractivity contribution in [3.05, 3.63) is 180 Å². The number of rotatable bonds is 5. The molecule has 4 heteroatoms. The van der Waals surface area contributed by atoms with Gasteiger partial charge in [-0.3, -0.25) is 0 Å². The molecule has 47 heavy (non-hydrogen) atoms. The van der Waals surface area contributed by atoms with Gasteiger partial charge in [-0.1, -0.05) is 158 Å². The molecular formula is C43H29N3O. The Hall–Kier alpha value is -6.26. The summed E-state index contributed by atoms with van der Waals surface area (Å²) in [5, 5.41) is 7.98. The molecule has 1 unspecified atom stereocenters. The minimum absolute atomic E-state index is 0.473. The van der Waals surface area contributed by atoms with Gasteiger partial charge in [0, 0.05) is 33.0 Å². The van der Waals surface area contributed by atoms with E-state index in [1.165, 1.54) is 16.5 Å². The molecule has 4 nitrogen and oxygen atoms in total. The first-order chi connectivity index (χ1) is 23.3. The molecule has 2 heterocycles. The van der Waals surface area contributed by atoms with E-state index in [1.807, 2.05) is 36.4 Å². The molecule has 0 spiro atoms. The second-order valence-electron chi connectivity index (χ2n) is 11.8. The lowest BCUT2D eigenvalue weighted by Gasteiger charge is -2.23. The van der Waals surface area contributed by atoms with Gasteiger partial charge in [0.25, 0.3) is 0 Å². The molecule has 0 fully saturated rings. The molecule has 1 atom stereocenters. The molecule has 0 saturated heterocycles. The minimum atomic E-state index is -0.473. The number of fused-ring (bicyclic) bond motifs is 4. The van der Waals surface area contributed by atoms with E-state index in [2.05, 4.69) is 133 Å². The van der Waals surface area contributed by atoms with Gasteiger partial charge in [-0.2, -0.15) is 0 Å². The molecule has 1 aliphatic rings. The number of nitrogens with zero attached hydrogens (tertiary/aromatic N) is 2. The number of furan rings is 1. The van der Waals surface area contributed by atoms with E-state index < -0.39 is 6.17 Å². The van der Waals surface area contributed by atoms with Gasteiger partial charge in [0.2, 0.25) is 0 Å². The topological polar surface area (TPSA) is 49.9 Å². The van der Waals surface area contributed by atoms with Crippen molar-refractivity contribution in [2.75, 3.05) is 0 Å². The Morgan fingerprint density at radius 2 is 1.04 bits per heavy atom. The van der Waals surface area contributed by atoms with E-state index in [0.717, 1.165) is 66.8 Å². The van der Waals surface area contributed by atoms with E-state index in [-0.39, 0.29) is 0 Å². The average molecular weight is 604 g/mol. The Kier molecular flexibility index (Phi) is 6.50. The fourth-order valence-electron chi connectivity index (χ4n) is 6.69. The van der Waals surface area contributed by atoms with Gasteiger partial charge in [0.05, 0.1) is 0 Å². The maximum atomic E-state index is 6.65. The second kappa shape index (κ2) is 11.3. The van der Waals surface area contributed by atoms with Crippen LogP contribution in [0.2, 0.25) is 0 Å². The molecule has 1 aliphatic heterocycles. The standard InChI is InChI=1S/C43H29N3O/c1-3-12-28(13-4-1)29-24-26-31(27-25-29)34-19-10-21-36-39-37(22-11-23-38(39)47-40(34)36)43-45-41(32-15-5-2-6-16-32)44-42(46-43)35-20-9-17-30-14-7-8-18-33(30)35/h1-27,43H,(H,44,45,46). The maximum absolute atomic E-state index is 6.65. The highest BCUT2D eigenvalue weighted by Crippen LogP contribution is 2.41. The van der Waals surface area contributed by atoms with Gasteiger partial charge in [-0.05, 0) is 33.5 Å². The summed E-state index contributed by atoms with van der Waals surface area (Å²) in [7, 11) is 0. The van der Waals surface area contributed by atoms with Crippen molar-refractivity contribution in [1.29, 1.82) is 0 Å². The van der Waals surface area contributed by atoms with E-state index in [0.29, 0.717) is 0 Å². The third-order valence-corrected chi connectivity index (χ3v) is 8.97. The van der Waals surface area contributed by atoms with Crippen LogP contribution in [0.4, 0.5) is 0 Å². The number of hydrogen-bond acceptors (Lipinski definition) is 4. The van der Waals surface area contributed by atoms with E-state index in [1.54, 1.807) is 0 Å². The van der Waals surface area contributed by atoms with Crippen LogP contribution >= 0.6 is 0 Å². The number of benzene rings is 7. The van der Waals surface area contributed by atoms with Crippen LogP contribution in [-0.4, -0.2) is 11.7 Å². The number of amidine groups is 2. The second-order valence-corrected chi connectivity index (χ2v) is 11.8. The smallest absolute Gasteiger partial charge is 0.170 e. The van der Waals surface area contributed by atoms with Gasteiger partial charge in [0.1, 0.15) is 22.8 Å². The van der Waals surface area contributed by atoms with Crippen LogP contribution in [0.1, 0.15) is 22.9 Å². The lowest BCUT2D eigenvalue weighted by molar-refractivity contribution is 0.668. The van der Waals surface area contributed by atoms with Crippen LogP contribution in [0.3, 0.4) is 0 Å². The molecule has 0 radical (unpaired) electrons. The van der Waals surface area contributed by atoms with E-state index >= 15 is 0 Å². The molecule has 0 bridgehead atoms. The Labute approximate surface area is 272 Å². The van der Waals surface area contributed by atoms with Gasteiger partial charge in [-0.25, -0.2) is 9.98 Å². The fraction of sp³-hybridized carbons (Fsp3) is 0.0233. The predicted molar refractivity (Wildman–Crippen MR) is 194 cm³/mol. The molecule has 7 aromatic carbocycles. The fourth-order valence-corrected chi connectivity index (χ4v) is 6.69. The maximum Gasteiger partial charge on any atom is 0.170 e. The summed E-state index contributed by atoms with van der Waals surface area (Å²) in [5.74, 6) is 1.59. The first-order valence-corrected chi connectivity index (χ1v) is 15.9. The van der Waals surface area contributed by atoms with Crippen LogP contribution < -0.4 is 5.32 Å². The Morgan fingerprint density at radius 1 is 0.447 bits per heavy atom. The number of aliphatic imine (C=N–C) groups is 2. The highest BCUT2D eigenvalue weighted by atomic mass is 16.3. The quantitative estimate of drug-likeness (QED) is 0.213. The van der Waals surface area contributed by atoms with Gasteiger partial charge >= 0.3 is 0 Å². The molecule has 0 amide bonds. The minimum Gasteiger partial charge on any atom is -0.455 e. The SMILES string of the molecule is c1ccc(C2=NC(c3cccc4oc5c(-c6ccc(-c7ccccc7)cc6)cccc5c34)N=C(c3cccc4ccccc34)N2)cc1. The van der Waals surface area contributed by atoms with E-state index in [9.17, 15) is 0 Å². The summed E-state index contributed by atoms with van der Waals surface area (Å²) >= 11 is 0. The third kappa shape index (κ3) is 4.79. The van der Waals surface area contributed by atoms with Crippen molar-refractivity contribution in [1.82, 2.24) is 5.32 Å². The molecule has 0 aliphatic carbocycles. The van der Waals surface area contributed by atoms with Crippen molar-refractivity contribution in [3.63, 3.8) is 0 Å². The van der Waals surface area contributed by atoms with Gasteiger partial charge < -0.3 is 9.73 Å². The molecule has 0 saturated carbocycles. The average Bonchev–Trinajstić information content (AvgIpc) is 3.54. The molecule has 8 aromatic rings. The summed E-state index contributed by atoms with van der Waals surface area (Å²) < 4.78 is 6.65. The lowest BCUT2D eigenvalue weighted by Crippen LogP contribution is -2.36. The highest BCUT2D eigenvalue weighted by molar-refractivity contribution is 6.20. The van der Waals surface area contributed by atoms with Gasteiger partial charge in [-0.15, -0.1) is 0 Å². The van der Waals surface area contributed by atoms with Crippen molar-refractivity contribution < 1.29 is 4.42 Å². The third-order valence-electron chi connectivity index (χ3n) is 8.97. The largest absolute Gasteiger partial charge is 0.455 e. The molecular weight excluding hydrogens is 574 g/mol. The number of hydrogen-bond donors (Lipinski definition) is 1. The van der Waals surface area contributed by atoms with Crippen molar-refractivity contribution >= 4 is 44.4 Å². The first kappa shape index (κ1) is 27.1. The summed E-state index contributed by atoms with van der Waals surface area (Å²) in [4.78, 5) is 10.5. The summed E-state index contributed by atoms with van der Waals surface area (Å²) in [6.45, 7) is 0. The van der Waals surface area contributed by atoms with Crippen LogP contribution in [0.25, 0.3) is 55.0 Å². The zero-order valence-electron chi connectivity index (χ0n) is 25.5. The van der Waals surface area contributed by atoms with Crippen molar-refractivity contribution in [2.45, 2.75) is 6.17 Å². The lowest BCUT2D eigenvalue weighted by atomic mass is 9.97. The Bertz CT molecular complexity index is 2470. The highest BCUT2D eigenvalue weighted by Gasteiger charge is 2.25. The Morgan fingerprint density at radius 3 is 1.87 bits per heavy atom. The number of nitrogens with one attached hydrogen (secondary N) is 1. The molecule has 1 aromatic heterocycles. The number of para-hydroxylation sites is 1. The normalized spacial score (nSPS) is 14.6. The van der Waals surface area contributed by atoms with Crippen molar-refractivity contribution in [3.8, 4) is 22.3 Å². The zero-order chi connectivity index (χ0) is 31.2.